The molecule has 0 aromatic rings. The first kappa shape index (κ1) is 6.08. The summed E-state index contributed by atoms with van der Waals surface area (Å²) in [4.78, 5) is 10.3. The first-order valence-electron chi connectivity index (χ1n) is 2.85. The van der Waals surface area contributed by atoms with Gasteiger partial charge in [-0.05, 0) is 19.2 Å². The second-order valence-corrected chi connectivity index (χ2v) is 2.26. The zero-order chi connectivity index (χ0) is 6.74. The highest BCUT2D eigenvalue weighted by molar-refractivity contribution is 5.68. The molecular weight excluding hydrogens is 114 g/mol. The van der Waals surface area contributed by atoms with E-state index in [9.17, 15) is 4.79 Å². The summed E-state index contributed by atoms with van der Waals surface area (Å²) in [5.41, 5.74) is -0.477. The van der Waals surface area contributed by atoms with Gasteiger partial charge in [-0.2, -0.15) is 0 Å². The zero-order valence-electron chi connectivity index (χ0n) is 5.29. The third-order valence-corrected chi connectivity index (χ3v) is 1.29. The standard InChI is InChI=1S/C7H9NO/c1-7(6-9)4-2-3-5-8-7/h2-6,8H,1H3. The summed E-state index contributed by atoms with van der Waals surface area (Å²) in [6.45, 7) is 1.82. The molecule has 0 aliphatic carbocycles. The predicted octanol–water partition coefficient (Wildman–Crippen LogP) is 0.617. The summed E-state index contributed by atoms with van der Waals surface area (Å²) >= 11 is 0. The van der Waals surface area contributed by atoms with Crippen LogP contribution in [0, 0.1) is 0 Å². The molecule has 2 nitrogen and oxygen atoms in total. The van der Waals surface area contributed by atoms with E-state index in [2.05, 4.69) is 5.32 Å². The van der Waals surface area contributed by atoms with Crippen molar-refractivity contribution in [2.45, 2.75) is 12.5 Å². The zero-order valence-corrected chi connectivity index (χ0v) is 5.29. The van der Waals surface area contributed by atoms with Crippen LogP contribution in [0.1, 0.15) is 6.92 Å². The molecule has 0 aromatic heterocycles. The third kappa shape index (κ3) is 1.19. The molecule has 0 fully saturated rings. The van der Waals surface area contributed by atoms with Crippen molar-refractivity contribution in [3.05, 3.63) is 24.4 Å². The second kappa shape index (κ2) is 2.05. The lowest BCUT2D eigenvalue weighted by Gasteiger charge is -2.20. The maximum absolute atomic E-state index is 10.3. The maximum Gasteiger partial charge on any atom is 0.149 e. The smallest absolute Gasteiger partial charge is 0.149 e. The number of carbonyl (C=O) groups is 1. The van der Waals surface area contributed by atoms with Crippen LogP contribution in [0.25, 0.3) is 0 Å². The maximum atomic E-state index is 10.3. The average molecular weight is 123 g/mol. The van der Waals surface area contributed by atoms with E-state index in [1.165, 1.54) is 0 Å². The number of allylic oxidation sites excluding steroid dienone is 2. The third-order valence-electron chi connectivity index (χ3n) is 1.29. The fourth-order valence-corrected chi connectivity index (χ4v) is 0.660. The van der Waals surface area contributed by atoms with Crippen molar-refractivity contribution in [1.29, 1.82) is 0 Å². The van der Waals surface area contributed by atoms with Gasteiger partial charge in [-0.15, -0.1) is 0 Å². The number of hydrogen-bond acceptors (Lipinski definition) is 2. The number of nitrogens with one attached hydrogen (secondary N) is 1. The lowest BCUT2D eigenvalue weighted by Crippen LogP contribution is -2.39. The van der Waals surface area contributed by atoms with E-state index in [1.54, 1.807) is 6.20 Å². The Labute approximate surface area is 54.3 Å². The molecule has 1 rings (SSSR count). The fourth-order valence-electron chi connectivity index (χ4n) is 0.660. The van der Waals surface area contributed by atoms with E-state index >= 15 is 0 Å². The number of hydrogen-bond donors (Lipinski definition) is 1. The number of rotatable bonds is 1. The Morgan fingerprint density at radius 1 is 1.56 bits per heavy atom. The molecule has 0 spiro atoms. The Bertz CT molecular complexity index is 172. The van der Waals surface area contributed by atoms with E-state index in [0.717, 1.165) is 6.29 Å². The van der Waals surface area contributed by atoms with Gasteiger partial charge < -0.3 is 10.1 Å². The monoisotopic (exact) mass is 123 g/mol. The van der Waals surface area contributed by atoms with Crippen LogP contribution in [0.15, 0.2) is 24.4 Å². The van der Waals surface area contributed by atoms with Crippen molar-refractivity contribution in [2.24, 2.45) is 0 Å². The molecule has 1 atom stereocenters. The summed E-state index contributed by atoms with van der Waals surface area (Å²) in [6.07, 6.45) is 8.16. The molecule has 0 saturated heterocycles. The van der Waals surface area contributed by atoms with Gasteiger partial charge in [0.05, 0.1) is 0 Å². The Morgan fingerprint density at radius 2 is 2.33 bits per heavy atom. The molecule has 1 heterocycles. The SMILES string of the molecule is CC1(C=O)C=CC=CN1. The molecule has 1 aliphatic rings. The van der Waals surface area contributed by atoms with Crippen LogP contribution in [0.3, 0.4) is 0 Å². The summed E-state index contributed by atoms with van der Waals surface area (Å²) in [6, 6.07) is 0. The van der Waals surface area contributed by atoms with E-state index in [1.807, 2.05) is 25.2 Å². The largest absolute Gasteiger partial charge is 0.376 e. The minimum Gasteiger partial charge on any atom is -0.376 e. The van der Waals surface area contributed by atoms with Gasteiger partial charge in [0.1, 0.15) is 11.8 Å². The highest BCUT2D eigenvalue weighted by atomic mass is 16.1. The summed E-state index contributed by atoms with van der Waals surface area (Å²) in [5, 5.41) is 2.91. The first-order chi connectivity index (χ1) is 4.27. The fraction of sp³-hybridized carbons (Fsp3) is 0.286. The minimum atomic E-state index is -0.477. The van der Waals surface area contributed by atoms with Gasteiger partial charge in [0.2, 0.25) is 0 Å². The van der Waals surface area contributed by atoms with Crippen LogP contribution in [0.5, 0.6) is 0 Å². The van der Waals surface area contributed by atoms with Gasteiger partial charge in [0.25, 0.3) is 0 Å². The van der Waals surface area contributed by atoms with Crippen LogP contribution >= 0.6 is 0 Å². The quantitative estimate of drug-likeness (QED) is 0.518. The van der Waals surface area contributed by atoms with E-state index < -0.39 is 5.54 Å². The van der Waals surface area contributed by atoms with Crippen molar-refractivity contribution in [3.8, 4) is 0 Å². The highest BCUT2D eigenvalue weighted by Crippen LogP contribution is 2.04. The van der Waals surface area contributed by atoms with Crippen LogP contribution in [0.2, 0.25) is 0 Å². The summed E-state index contributed by atoms with van der Waals surface area (Å²) < 4.78 is 0. The molecule has 0 bridgehead atoms. The van der Waals surface area contributed by atoms with Gasteiger partial charge in [0, 0.05) is 0 Å². The Hall–Kier alpha value is -1.05. The normalized spacial score (nSPS) is 31.7. The number of carbonyl (C=O) groups excluding carboxylic acids is 1. The van der Waals surface area contributed by atoms with Gasteiger partial charge >= 0.3 is 0 Å². The van der Waals surface area contributed by atoms with Crippen LogP contribution in [-0.2, 0) is 4.79 Å². The lowest BCUT2D eigenvalue weighted by atomic mass is 10.0. The molecule has 1 unspecified atom stereocenters. The molecular formula is C7H9NO. The van der Waals surface area contributed by atoms with E-state index in [0.29, 0.717) is 0 Å². The summed E-state index contributed by atoms with van der Waals surface area (Å²) in [7, 11) is 0. The van der Waals surface area contributed by atoms with Crippen molar-refractivity contribution >= 4 is 6.29 Å². The molecule has 0 aromatic carbocycles. The molecule has 9 heavy (non-hydrogen) atoms. The van der Waals surface area contributed by atoms with Gasteiger partial charge in [-0.1, -0.05) is 12.2 Å². The molecule has 0 saturated carbocycles. The summed E-state index contributed by atoms with van der Waals surface area (Å²) in [5.74, 6) is 0. The average Bonchev–Trinajstić information content (AvgIpc) is 1.90. The highest BCUT2D eigenvalue weighted by Gasteiger charge is 2.17. The van der Waals surface area contributed by atoms with Crippen LogP contribution in [0.4, 0.5) is 0 Å². The molecule has 0 amide bonds. The molecule has 1 aliphatic heterocycles. The van der Waals surface area contributed by atoms with Crippen molar-refractivity contribution in [1.82, 2.24) is 5.32 Å². The van der Waals surface area contributed by atoms with Crippen molar-refractivity contribution in [3.63, 3.8) is 0 Å². The van der Waals surface area contributed by atoms with Gasteiger partial charge in [-0.25, -0.2) is 0 Å². The molecule has 48 valence electrons. The van der Waals surface area contributed by atoms with Crippen LogP contribution in [-0.4, -0.2) is 11.8 Å². The number of dihydropyridines is 1. The second-order valence-electron chi connectivity index (χ2n) is 2.26. The van der Waals surface area contributed by atoms with Gasteiger partial charge in [-0.3, -0.25) is 0 Å². The van der Waals surface area contributed by atoms with Crippen molar-refractivity contribution in [2.75, 3.05) is 0 Å². The van der Waals surface area contributed by atoms with E-state index in [4.69, 9.17) is 0 Å². The predicted molar refractivity (Wildman–Crippen MR) is 35.9 cm³/mol. The Balaban J connectivity index is 2.73. The van der Waals surface area contributed by atoms with Gasteiger partial charge in [0.15, 0.2) is 0 Å². The topological polar surface area (TPSA) is 29.1 Å². The Kier molecular flexibility index (Phi) is 1.39. The van der Waals surface area contributed by atoms with E-state index in [-0.39, 0.29) is 0 Å². The minimum absolute atomic E-state index is 0.477. The number of aldehydes is 1. The van der Waals surface area contributed by atoms with Crippen LogP contribution < -0.4 is 5.32 Å². The first-order valence-corrected chi connectivity index (χ1v) is 2.85. The van der Waals surface area contributed by atoms with Crippen molar-refractivity contribution < 1.29 is 4.79 Å². The molecule has 0 radical (unpaired) electrons. The lowest BCUT2D eigenvalue weighted by molar-refractivity contribution is -0.111. The molecule has 2 heteroatoms. The molecule has 1 N–H and O–H groups in total. The Morgan fingerprint density at radius 3 is 2.67 bits per heavy atom.